The van der Waals surface area contributed by atoms with Crippen molar-refractivity contribution in [3.8, 4) is 0 Å². The molecule has 110 valence electrons. The van der Waals surface area contributed by atoms with Gasteiger partial charge in [-0.15, -0.1) is 0 Å². The average Bonchev–Trinajstić information content (AvgIpc) is 2.61. The van der Waals surface area contributed by atoms with Gasteiger partial charge in [0.05, 0.1) is 5.75 Å². The molecule has 1 aromatic rings. The Morgan fingerprint density at radius 3 is 2.75 bits per heavy atom. The highest BCUT2D eigenvalue weighted by molar-refractivity contribution is 7.99. The predicted octanol–water partition coefficient (Wildman–Crippen LogP) is 2.47. The van der Waals surface area contributed by atoms with Crippen molar-refractivity contribution in [2.24, 2.45) is 0 Å². The minimum atomic E-state index is 0.284. The molecular weight excluding hydrogens is 268 g/mol. The van der Waals surface area contributed by atoms with Crippen molar-refractivity contribution < 1.29 is 4.79 Å². The van der Waals surface area contributed by atoms with Crippen molar-refractivity contribution in [3.63, 3.8) is 0 Å². The molecule has 0 radical (unpaired) electrons. The van der Waals surface area contributed by atoms with E-state index in [9.17, 15) is 4.79 Å². The van der Waals surface area contributed by atoms with Crippen LogP contribution >= 0.6 is 11.8 Å². The van der Waals surface area contributed by atoms with Gasteiger partial charge in [0.2, 0.25) is 5.91 Å². The number of hydrogen-bond donors (Lipinski definition) is 0. The molecule has 1 fully saturated rings. The molecule has 1 saturated heterocycles. The van der Waals surface area contributed by atoms with Crippen molar-refractivity contribution >= 4 is 17.7 Å². The highest BCUT2D eigenvalue weighted by Crippen LogP contribution is 2.14. The maximum atomic E-state index is 12.1. The van der Waals surface area contributed by atoms with E-state index in [0.717, 1.165) is 32.6 Å². The van der Waals surface area contributed by atoms with Crippen LogP contribution in [0.15, 0.2) is 30.3 Å². The number of carbonyl (C=O) groups is 1. The molecule has 0 N–H and O–H groups in total. The van der Waals surface area contributed by atoms with Crippen LogP contribution in [0.2, 0.25) is 0 Å². The average molecular weight is 292 g/mol. The Bertz CT molecular complexity index is 424. The molecule has 0 bridgehead atoms. The van der Waals surface area contributed by atoms with Gasteiger partial charge in [-0.05, 0) is 25.2 Å². The smallest absolute Gasteiger partial charge is 0.232 e. The standard InChI is InChI=1S/C16H24N2OS/c1-14-11-17(12-15-7-4-3-5-8-15)9-6-10-18(14)16(19)13-20-2/h3-5,7-8,14H,6,9-13H2,1-2H3. The topological polar surface area (TPSA) is 23.6 Å². The lowest BCUT2D eigenvalue weighted by atomic mass is 10.2. The summed E-state index contributed by atoms with van der Waals surface area (Å²) < 4.78 is 0. The van der Waals surface area contributed by atoms with E-state index in [1.807, 2.05) is 6.26 Å². The molecule has 20 heavy (non-hydrogen) atoms. The lowest BCUT2D eigenvalue weighted by Crippen LogP contribution is -2.43. The minimum Gasteiger partial charge on any atom is -0.338 e. The van der Waals surface area contributed by atoms with Crippen LogP contribution in [0.25, 0.3) is 0 Å². The lowest BCUT2D eigenvalue weighted by Gasteiger charge is -2.29. The number of benzene rings is 1. The third kappa shape index (κ3) is 4.25. The van der Waals surface area contributed by atoms with Crippen molar-refractivity contribution in [1.82, 2.24) is 9.80 Å². The molecule has 0 aromatic heterocycles. The quantitative estimate of drug-likeness (QED) is 0.852. The number of rotatable bonds is 4. The second-order valence-corrected chi connectivity index (χ2v) is 6.31. The van der Waals surface area contributed by atoms with E-state index in [2.05, 4.69) is 47.1 Å². The number of nitrogens with zero attached hydrogens (tertiary/aromatic N) is 2. The first kappa shape index (κ1) is 15.4. The molecule has 3 nitrogen and oxygen atoms in total. The van der Waals surface area contributed by atoms with Gasteiger partial charge < -0.3 is 4.90 Å². The molecule has 1 aliphatic rings. The van der Waals surface area contributed by atoms with Gasteiger partial charge in [0, 0.05) is 32.2 Å². The van der Waals surface area contributed by atoms with Crippen LogP contribution < -0.4 is 0 Å². The first-order valence-electron chi connectivity index (χ1n) is 7.25. The molecule has 4 heteroatoms. The van der Waals surface area contributed by atoms with Crippen LogP contribution in [-0.4, -0.2) is 53.4 Å². The molecule has 1 unspecified atom stereocenters. The molecule has 0 aliphatic carbocycles. The molecule has 1 heterocycles. The van der Waals surface area contributed by atoms with E-state index in [-0.39, 0.29) is 5.91 Å². The summed E-state index contributed by atoms with van der Waals surface area (Å²) in [6.07, 6.45) is 3.05. The summed E-state index contributed by atoms with van der Waals surface area (Å²) in [5, 5.41) is 0. The molecule has 1 amide bonds. The second kappa shape index (κ2) is 7.70. The van der Waals surface area contributed by atoms with E-state index in [0.29, 0.717) is 11.8 Å². The predicted molar refractivity (Wildman–Crippen MR) is 85.9 cm³/mol. The zero-order valence-corrected chi connectivity index (χ0v) is 13.2. The summed E-state index contributed by atoms with van der Waals surface area (Å²) in [7, 11) is 0. The number of carbonyl (C=O) groups excluding carboxylic acids is 1. The lowest BCUT2D eigenvalue weighted by molar-refractivity contribution is -0.130. The van der Waals surface area contributed by atoms with Gasteiger partial charge in [-0.1, -0.05) is 30.3 Å². The van der Waals surface area contributed by atoms with Crippen molar-refractivity contribution in [3.05, 3.63) is 35.9 Å². The van der Waals surface area contributed by atoms with E-state index in [1.165, 1.54) is 5.56 Å². The first-order chi connectivity index (χ1) is 9.70. The van der Waals surface area contributed by atoms with Crippen LogP contribution in [-0.2, 0) is 11.3 Å². The van der Waals surface area contributed by atoms with Gasteiger partial charge in [-0.3, -0.25) is 9.69 Å². The highest BCUT2D eigenvalue weighted by atomic mass is 32.2. The number of thioether (sulfide) groups is 1. The summed E-state index contributed by atoms with van der Waals surface area (Å²) in [6.45, 7) is 6.08. The monoisotopic (exact) mass is 292 g/mol. The van der Waals surface area contributed by atoms with Crippen molar-refractivity contribution in [2.45, 2.75) is 25.9 Å². The maximum absolute atomic E-state index is 12.1. The molecule has 1 aliphatic heterocycles. The maximum Gasteiger partial charge on any atom is 0.232 e. The Labute approximate surface area is 126 Å². The van der Waals surface area contributed by atoms with Gasteiger partial charge in [0.1, 0.15) is 0 Å². The van der Waals surface area contributed by atoms with Gasteiger partial charge >= 0.3 is 0 Å². The van der Waals surface area contributed by atoms with E-state index in [4.69, 9.17) is 0 Å². The van der Waals surface area contributed by atoms with Gasteiger partial charge in [0.15, 0.2) is 0 Å². The summed E-state index contributed by atoms with van der Waals surface area (Å²) >= 11 is 1.61. The summed E-state index contributed by atoms with van der Waals surface area (Å²) in [4.78, 5) is 16.6. The van der Waals surface area contributed by atoms with Gasteiger partial charge in [-0.2, -0.15) is 11.8 Å². The number of hydrogen-bond acceptors (Lipinski definition) is 3. The Morgan fingerprint density at radius 1 is 1.30 bits per heavy atom. The zero-order chi connectivity index (χ0) is 14.4. The van der Waals surface area contributed by atoms with Gasteiger partial charge in [0.25, 0.3) is 0 Å². The van der Waals surface area contributed by atoms with Gasteiger partial charge in [-0.25, -0.2) is 0 Å². The zero-order valence-electron chi connectivity index (χ0n) is 12.4. The SMILES string of the molecule is CSCC(=O)N1CCCN(Cc2ccccc2)CC1C. The molecular formula is C16H24N2OS. The Kier molecular flexibility index (Phi) is 5.92. The van der Waals surface area contributed by atoms with Crippen LogP contribution in [0.3, 0.4) is 0 Å². The van der Waals surface area contributed by atoms with E-state index >= 15 is 0 Å². The van der Waals surface area contributed by atoms with E-state index < -0.39 is 0 Å². The third-order valence-corrected chi connectivity index (χ3v) is 4.30. The summed E-state index contributed by atoms with van der Waals surface area (Å²) in [5.41, 5.74) is 1.35. The first-order valence-corrected chi connectivity index (χ1v) is 8.65. The van der Waals surface area contributed by atoms with E-state index in [1.54, 1.807) is 11.8 Å². The third-order valence-electron chi connectivity index (χ3n) is 3.77. The fourth-order valence-electron chi connectivity index (χ4n) is 2.81. The second-order valence-electron chi connectivity index (χ2n) is 5.44. The summed E-state index contributed by atoms with van der Waals surface area (Å²) in [6, 6.07) is 10.9. The minimum absolute atomic E-state index is 0.284. The largest absolute Gasteiger partial charge is 0.338 e. The van der Waals surface area contributed by atoms with Crippen LogP contribution in [0.4, 0.5) is 0 Å². The summed E-state index contributed by atoms with van der Waals surface area (Å²) in [5.74, 6) is 0.884. The fourth-order valence-corrected chi connectivity index (χ4v) is 3.22. The Hall–Kier alpha value is -1.00. The fraction of sp³-hybridized carbons (Fsp3) is 0.562. The van der Waals surface area contributed by atoms with Crippen molar-refractivity contribution in [1.29, 1.82) is 0 Å². The van der Waals surface area contributed by atoms with Crippen LogP contribution in [0.5, 0.6) is 0 Å². The molecule has 0 saturated carbocycles. The Balaban J connectivity index is 1.94. The van der Waals surface area contributed by atoms with Crippen molar-refractivity contribution in [2.75, 3.05) is 31.6 Å². The van der Waals surface area contributed by atoms with Crippen LogP contribution in [0.1, 0.15) is 18.9 Å². The molecule has 2 rings (SSSR count). The molecule has 0 spiro atoms. The molecule has 1 atom stereocenters. The normalized spacial score (nSPS) is 20.7. The van der Waals surface area contributed by atoms with Crippen LogP contribution in [0, 0.1) is 0 Å². The Morgan fingerprint density at radius 2 is 2.05 bits per heavy atom. The number of amides is 1. The highest BCUT2D eigenvalue weighted by Gasteiger charge is 2.24. The molecule has 1 aromatic carbocycles.